The van der Waals surface area contributed by atoms with Gasteiger partial charge in [-0.2, -0.15) is 13.2 Å². The molecule has 0 saturated carbocycles. The van der Waals surface area contributed by atoms with E-state index in [1.165, 1.54) is 45.5 Å². The van der Waals surface area contributed by atoms with Gasteiger partial charge in [0.1, 0.15) is 0 Å². The molecule has 0 fully saturated rings. The Labute approximate surface area is 166 Å². The Hall–Kier alpha value is -2.95. The van der Waals surface area contributed by atoms with Gasteiger partial charge in [0, 0.05) is 13.1 Å². The van der Waals surface area contributed by atoms with Crippen molar-refractivity contribution in [3.05, 3.63) is 47.5 Å². The van der Waals surface area contributed by atoms with Gasteiger partial charge in [0.25, 0.3) is 5.91 Å². The highest BCUT2D eigenvalue weighted by Gasteiger charge is 2.34. The van der Waals surface area contributed by atoms with E-state index >= 15 is 0 Å². The van der Waals surface area contributed by atoms with E-state index in [2.05, 4.69) is 5.32 Å². The van der Waals surface area contributed by atoms with E-state index < -0.39 is 33.4 Å². The first-order chi connectivity index (χ1) is 13.4. The van der Waals surface area contributed by atoms with Crippen LogP contribution in [-0.4, -0.2) is 41.8 Å². The largest absolute Gasteiger partial charge is 0.493 e. The molecule has 0 aliphatic carbocycles. The summed E-state index contributed by atoms with van der Waals surface area (Å²) in [4.78, 5) is 12.8. The lowest BCUT2D eigenvalue weighted by Crippen LogP contribution is -2.28. The second-order valence-electron chi connectivity index (χ2n) is 5.95. The lowest BCUT2D eigenvalue weighted by Gasteiger charge is -2.22. The van der Waals surface area contributed by atoms with Gasteiger partial charge >= 0.3 is 6.18 Å². The van der Waals surface area contributed by atoms with Crippen molar-refractivity contribution in [1.29, 1.82) is 0 Å². The number of rotatable bonds is 6. The lowest BCUT2D eigenvalue weighted by atomic mass is 10.1. The highest BCUT2D eigenvalue weighted by atomic mass is 32.2. The summed E-state index contributed by atoms with van der Waals surface area (Å²) in [6.07, 6.45) is -3.77. The third kappa shape index (κ3) is 4.91. The van der Waals surface area contributed by atoms with Crippen molar-refractivity contribution in [2.24, 2.45) is 0 Å². The molecule has 2 aromatic carbocycles. The Morgan fingerprint density at radius 1 is 1.07 bits per heavy atom. The first-order valence-electron chi connectivity index (χ1n) is 8.07. The normalized spacial score (nSPS) is 11.7. The molecule has 0 heterocycles. The third-order valence-corrected chi connectivity index (χ3v) is 5.26. The van der Waals surface area contributed by atoms with Crippen LogP contribution in [0, 0.1) is 0 Å². The summed E-state index contributed by atoms with van der Waals surface area (Å²) < 4.78 is 74.6. The average Bonchev–Trinajstić information content (AvgIpc) is 2.65. The van der Waals surface area contributed by atoms with E-state index in [9.17, 15) is 26.4 Å². The van der Waals surface area contributed by atoms with Gasteiger partial charge in [0.2, 0.25) is 10.0 Å². The quantitative estimate of drug-likeness (QED) is 0.757. The van der Waals surface area contributed by atoms with Gasteiger partial charge in [-0.15, -0.1) is 0 Å². The number of anilines is 2. The molecule has 0 atom stereocenters. The number of ether oxygens (including phenoxy) is 2. The summed E-state index contributed by atoms with van der Waals surface area (Å²) in [6, 6.07) is 6.90. The number of amides is 1. The van der Waals surface area contributed by atoms with Crippen LogP contribution in [0.15, 0.2) is 36.4 Å². The smallest absolute Gasteiger partial charge is 0.418 e. The number of alkyl halides is 3. The van der Waals surface area contributed by atoms with E-state index in [4.69, 9.17) is 9.47 Å². The standard InChI is InChI=1S/C18H19F3N2O5S/c1-23(29(4,25)26)14-10-16(28-3)15(27-2)9-11(14)17(24)22-13-8-6-5-7-12(13)18(19,20)21/h5-10H,1-4H3,(H,22,24). The van der Waals surface area contributed by atoms with Gasteiger partial charge in [-0.05, 0) is 18.2 Å². The molecule has 2 aromatic rings. The molecule has 0 aromatic heterocycles. The van der Waals surface area contributed by atoms with Crippen molar-refractivity contribution in [1.82, 2.24) is 0 Å². The molecule has 0 aliphatic rings. The topological polar surface area (TPSA) is 84.9 Å². The van der Waals surface area contributed by atoms with Crippen molar-refractivity contribution in [2.75, 3.05) is 37.1 Å². The molecule has 0 aliphatic heterocycles. The number of hydrogen-bond acceptors (Lipinski definition) is 5. The number of methoxy groups -OCH3 is 2. The predicted octanol–water partition coefficient (Wildman–Crippen LogP) is 3.37. The molecule has 11 heteroatoms. The average molecular weight is 432 g/mol. The number of carbonyl (C=O) groups excluding carboxylic acids is 1. The summed E-state index contributed by atoms with van der Waals surface area (Å²) in [6.45, 7) is 0. The van der Waals surface area contributed by atoms with E-state index in [-0.39, 0.29) is 22.7 Å². The number of hydrogen-bond donors (Lipinski definition) is 1. The summed E-state index contributed by atoms with van der Waals surface area (Å²) in [5.74, 6) is -0.703. The van der Waals surface area contributed by atoms with E-state index in [0.717, 1.165) is 22.7 Å². The number of nitrogens with zero attached hydrogens (tertiary/aromatic N) is 1. The monoisotopic (exact) mass is 432 g/mol. The van der Waals surface area contributed by atoms with Crippen LogP contribution >= 0.6 is 0 Å². The van der Waals surface area contributed by atoms with Crippen LogP contribution in [-0.2, 0) is 16.2 Å². The number of nitrogens with one attached hydrogen (secondary N) is 1. The summed E-state index contributed by atoms with van der Waals surface area (Å²) in [7, 11) is 0.0465. The number of halogens is 3. The summed E-state index contributed by atoms with van der Waals surface area (Å²) in [5, 5.41) is 2.19. The highest BCUT2D eigenvalue weighted by molar-refractivity contribution is 7.92. The minimum atomic E-state index is -4.69. The third-order valence-electron chi connectivity index (χ3n) is 4.06. The molecule has 158 valence electrons. The Balaban J connectivity index is 2.60. The number of para-hydroxylation sites is 1. The van der Waals surface area contributed by atoms with E-state index in [0.29, 0.717) is 0 Å². The Morgan fingerprint density at radius 3 is 2.14 bits per heavy atom. The minimum absolute atomic E-state index is 0.0906. The molecule has 0 unspecified atom stereocenters. The summed E-state index contributed by atoms with van der Waals surface area (Å²) in [5.41, 5.74) is -1.81. The van der Waals surface area contributed by atoms with Crippen LogP contribution in [0.4, 0.5) is 24.5 Å². The molecule has 0 spiro atoms. The number of sulfonamides is 1. The number of carbonyl (C=O) groups is 1. The SMILES string of the molecule is COc1cc(C(=O)Nc2ccccc2C(F)(F)F)c(N(C)S(C)(=O)=O)cc1OC. The van der Waals surface area contributed by atoms with Gasteiger partial charge in [-0.25, -0.2) is 8.42 Å². The zero-order valence-electron chi connectivity index (χ0n) is 16.0. The Morgan fingerprint density at radius 2 is 1.62 bits per heavy atom. The van der Waals surface area contributed by atoms with E-state index in [1.807, 2.05) is 0 Å². The molecule has 29 heavy (non-hydrogen) atoms. The first-order valence-corrected chi connectivity index (χ1v) is 9.92. The van der Waals surface area contributed by atoms with Crippen molar-refractivity contribution in [3.8, 4) is 11.5 Å². The fourth-order valence-electron chi connectivity index (χ4n) is 2.52. The van der Waals surface area contributed by atoms with Crippen LogP contribution < -0.4 is 19.1 Å². The van der Waals surface area contributed by atoms with Crippen LogP contribution in [0.5, 0.6) is 11.5 Å². The van der Waals surface area contributed by atoms with Crippen molar-refractivity contribution >= 4 is 27.3 Å². The van der Waals surface area contributed by atoms with Gasteiger partial charge in [-0.1, -0.05) is 12.1 Å². The number of benzene rings is 2. The zero-order valence-corrected chi connectivity index (χ0v) is 16.8. The zero-order chi connectivity index (χ0) is 22.0. The predicted molar refractivity (Wildman–Crippen MR) is 102 cm³/mol. The van der Waals surface area contributed by atoms with Crippen LogP contribution in [0.1, 0.15) is 15.9 Å². The molecule has 2 rings (SSSR count). The molecule has 0 bridgehead atoms. The van der Waals surface area contributed by atoms with Gasteiger partial charge in [0.05, 0.1) is 43.0 Å². The second kappa shape index (κ2) is 8.19. The molecule has 1 N–H and O–H groups in total. The highest BCUT2D eigenvalue weighted by Crippen LogP contribution is 2.38. The Bertz CT molecular complexity index is 1020. The molecular formula is C18H19F3N2O5S. The molecule has 0 saturated heterocycles. The van der Waals surface area contributed by atoms with Gasteiger partial charge in [-0.3, -0.25) is 9.10 Å². The van der Waals surface area contributed by atoms with Crippen LogP contribution in [0.3, 0.4) is 0 Å². The minimum Gasteiger partial charge on any atom is -0.493 e. The second-order valence-corrected chi connectivity index (χ2v) is 7.97. The fourth-order valence-corrected chi connectivity index (χ4v) is 3.03. The van der Waals surface area contributed by atoms with Crippen molar-refractivity contribution in [2.45, 2.75) is 6.18 Å². The fraction of sp³-hybridized carbons (Fsp3) is 0.278. The van der Waals surface area contributed by atoms with Crippen molar-refractivity contribution < 1.29 is 35.9 Å². The maximum absolute atomic E-state index is 13.2. The Kier molecular flexibility index (Phi) is 6.31. The van der Waals surface area contributed by atoms with Crippen LogP contribution in [0.2, 0.25) is 0 Å². The molecule has 1 amide bonds. The van der Waals surface area contributed by atoms with Crippen molar-refractivity contribution in [3.63, 3.8) is 0 Å². The molecular weight excluding hydrogens is 413 g/mol. The van der Waals surface area contributed by atoms with Gasteiger partial charge in [0.15, 0.2) is 11.5 Å². The lowest BCUT2D eigenvalue weighted by molar-refractivity contribution is -0.136. The molecule has 0 radical (unpaired) electrons. The summed E-state index contributed by atoms with van der Waals surface area (Å²) >= 11 is 0. The van der Waals surface area contributed by atoms with Gasteiger partial charge < -0.3 is 14.8 Å². The molecule has 7 nitrogen and oxygen atoms in total. The maximum Gasteiger partial charge on any atom is 0.418 e. The van der Waals surface area contributed by atoms with E-state index in [1.54, 1.807) is 0 Å². The van der Waals surface area contributed by atoms with Crippen LogP contribution in [0.25, 0.3) is 0 Å². The first kappa shape index (κ1) is 22.3. The maximum atomic E-state index is 13.2.